The van der Waals surface area contributed by atoms with Crippen LogP contribution in [0.4, 0.5) is 0 Å². The van der Waals surface area contributed by atoms with Gasteiger partial charge in [0.05, 0.1) is 17.3 Å². The Morgan fingerprint density at radius 1 is 1.55 bits per heavy atom. The molecule has 0 spiro atoms. The van der Waals surface area contributed by atoms with Crippen LogP contribution in [0.25, 0.3) is 0 Å². The summed E-state index contributed by atoms with van der Waals surface area (Å²) in [4.78, 5) is 4.48. The SMILES string of the molecule is CC(C)c1nc2c(s1)OCC2. The predicted molar refractivity (Wildman–Crippen MR) is 45.4 cm³/mol. The van der Waals surface area contributed by atoms with Gasteiger partial charge in [0.15, 0.2) is 5.06 Å². The quantitative estimate of drug-likeness (QED) is 0.643. The second-order valence-electron chi connectivity index (χ2n) is 3.04. The Labute approximate surface area is 70.2 Å². The molecule has 1 aromatic heterocycles. The molecule has 60 valence electrons. The van der Waals surface area contributed by atoms with Gasteiger partial charge in [0, 0.05) is 12.3 Å². The zero-order chi connectivity index (χ0) is 7.84. The highest BCUT2D eigenvalue weighted by Crippen LogP contribution is 2.34. The van der Waals surface area contributed by atoms with Gasteiger partial charge in [0.2, 0.25) is 0 Å². The van der Waals surface area contributed by atoms with Gasteiger partial charge in [-0.05, 0) is 0 Å². The van der Waals surface area contributed by atoms with Gasteiger partial charge in [0.25, 0.3) is 0 Å². The second kappa shape index (κ2) is 2.48. The van der Waals surface area contributed by atoms with E-state index in [0.717, 1.165) is 18.1 Å². The molecular formula is C8H11NOS. The van der Waals surface area contributed by atoms with Crippen molar-refractivity contribution in [1.29, 1.82) is 0 Å². The maximum atomic E-state index is 5.39. The minimum Gasteiger partial charge on any atom is -0.482 e. The Balaban J connectivity index is 2.34. The van der Waals surface area contributed by atoms with Gasteiger partial charge in [0.1, 0.15) is 0 Å². The highest BCUT2D eigenvalue weighted by atomic mass is 32.1. The lowest BCUT2D eigenvalue weighted by Crippen LogP contribution is -1.91. The van der Waals surface area contributed by atoms with Gasteiger partial charge < -0.3 is 4.74 Å². The van der Waals surface area contributed by atoms with Gasteiger partial charge in [-0.25, -0.2) is 4.98 Å². The summed E-state index contributed by atoms with van der Waals surface area (Å²) in [5, 5.41) is 2.25. The molecule has 0 radical (unpaired) electrons. The van der Waals surface area contributed by atoms with Crippen molar-refractivity contribution in [2.45, 2.75) is 26.2 Å². The van der Waals surface area contributed by atoms with Crippen molar-refractivity contribution < 1.29 is 4.74 Å². The molecule has 2 nitrogen and oxygen atoms in total. The summed E-state index contributed by atoms with van der Waals surface area (Å²) in [5.41, 5.74) is 1.17. The van der Waals surface area contributed by atoms with Crippen LogP contribution in [0.5, 0.6) is 5.06 Å². The van der Waals surface area contributed by atoms with Crippen LogP contribution in [-0.2, 0) is 6.42 Å². The lowest BCUT2D eigenvalue weighted by molar-refractivity contribution is 0.365. The molecule has 1 aliphatic rings. The molecular weight excluding hydrogens is 158 g/mol. The van der Waals surface area contributed by atoms with Crippen LogP contribution in [0.1, 0.15) is 30.5 Å². The molecule has 3 heteroatoms. The smallest absolute Gasteiger partial charge is 0.197 e. The van der Waals surface area contributed by atoms with E-state index in [2.05, 4.69) is 18.8 Å². The summed E-state index contributed by atoms with van der Waals surface area (Å²) in [6, 6.07) is 0. The van der Waals surface area contributed by atoms with E-state index in [9.17, 15) is 0 Å². The number of hydrogen-bond acceptors (Lipinski definition) is 3. The molecule has 0 saturated heterocycles. The van der Waals surface area contributed by atoms with Gasteiger partial charge in [-0.15, -0.1) is 0 Å². The third-order valence-electron chi connectivity index (χ3n) is 1.74. The van der Waals surface area contributed by atoms with E-state index in [0.29, 0.717) is 5.92 Å². The topological polar surface area (TPSA) is 22.1 Å². The van der Waals surface area contributed by atoms with E-state index in [-0.39, 0.29) is 0 Å². The summed E-state index contributed by atoms with van der Waals surface area (Å²) >= 11 is 1.70. The van der Waals surface area contributed by atoms with Crippen LogP contribution in [0, 0.1) is 0 Å². The highest BCUT2D eigenvalue weighted by molar-refractivity contribution is 7.13. The highest BCUT2D eigenvalue weighted by Gasteiger charge is 2.18. The normalized spacial score (nSPS) is 15.2. The number of thiazole rings is 1. The maximum Gasteiger partial charge on any atom is 0.197 e. The van der Waals surface area contributed by atoms with E-state index >= 15 is 0 Å². The third-order valence-corrected chi connectivity index (χ3v) is 3.05. The molecule has 0 aromatic carbocycles. The largest absolute Gasteiger partial charge is 0.482 e. The van der Waals surface area contributed by atoms with Crippen molar-refractivity contribution in [2.75, 3.05) is 6.61 Å². The van der Waals surface area contributed by atoms with Crippen molar-refractivity contribution >= 4 is 11.3 Å². The summed E-state index contributed by atoms with van der Waals surface area (Å²) in [5.74, 6) is 0.536. The number of nitrogens with zero attached hydrogens (tertiary/aromatic N) is 1. The van der Waals surface area contributed by atoms with Crippen LogP contribution in [0.3, 0.4) is 0 Å². The molecule has 0 N–H and O–H groups in total. The summed E-state index contributed by atoms with van der Waals surface area (Å²) in [6.07, 6.45) is 0.999. The lowest BCUT2D eigenvalue weighted by atomic mass is 10.2. The summed E-state index contributed by atoms with van der Waals surface area (Å²) < 4.78 is 5.39. The molecule has 0 bridgehead atoms. The number of ether oxygens (including phenoxy) is 1. The summed E-state index contributed by atoms with van der Waals surface area (Å²) in [7, 11) is 0. The fraction of sp³-hybridized carbons (Fsp3) is 0.625. The Morgan fingerprint density at radius 2 is 2.36 bits per heavy atom. The van der Waals surface area contributed by atoms with Gasteiger partial charge in [-0.2, -0.15) is 0 Å². The average Bonchev–Trinajstić information content (AvgIpc) is 2.40. The van der Waals surface area contributed by atoms with Crippen molar-refractivity contribution in [3.05, 3.63) is 10.7 Å². The fourth-order valence-corrected chi connectivity index (χ4v) is 2.10. The Bertz CT molecular complexity index is 246. The van der Waals surface area contributed by atoms with Gasteiger partial charge >= 0.3 is 0 Å². The molecule has 0 fully saturated rings. The minimum atomic E-state index is 0.536. The van der Waals surface area contributed by atoms with Crippen molar-refractivity contribution in [1.82, 2.24) is 4.98 Å². The summed E-state index contributed by atoms with van der Waals surface area (Å²) in [6.45, 7) is 5.15. The zero-order valence-electron chi connectivity index (χ0n) is 6.76. The molecule has 0 saturated carbocycles. The number of aromatic nitrogens is 1. The van der Waals surface area contributed by atoms with E-state index in [1.54, 1.807) is 11.3 Å². The fourth-order valence-electron chi connectivity index (χ4n) is 1.11. The zero-order valence-corrected chi connectivity index (χ0v) is 7.57. The van der Waals surface area contributed by atoms with E-state index < -0.39 is 0 Å². The molecule has 0 atom stereocenters. The third kappa shape index (κ3) is 1.13. The lowest BCUT2D eigenvalue weighted by Gasteiger charge is -1.96. The van der Waals surface area contributed by atoms with Crippen molar-refractivity contribution in [2.24, 2.45) is 0 Å². The number of hydrogen-bond donors (Lipinski definition) is 0. The Morgan fingerprint density at radius 3 is 3.00 bits per heavy atom. The maximum absolute atomic E-state index is 5.39. The van der Waals surface area contributed by atoms with E-state index in [1.807, 2.05) is 0 Å². The first-order chi connectivity index (χ1) is 5.27. The van der Waals surface area contributed by atoms with Gasteiger partial charge in [-0.3, -0.25) is 0 Å². The van der Waals surface area contributed by atoms with Crippen LogP contribution < -0.4 is 4.74 Å². The number of rotatable bonds is 1. The van der Waals surface area contributed by atoms with Crippen molar-refractivity contribution in [3.8, 4) is 5.06 Å². The molecule has 0 aliphatic carbocycles. The monoisotopic (exact) mass is 169 g/mol. The predicted octanol–water partition coefficient (Wildman–Crippen LogP) is 2.20. The van der Waals surface area contributed by atoms with Crippen LogP contribution in [0.2, 0.25) is 0 Å². The molecule has 2 rings (SSSR count). The van der Waals surface area contributed by atoms with Crippen LogP contribution in [0.15, 0.2) is 0 Å². The van der Waals surface area contributed by atoms with Crippen molar-refractivity contribution in [3.63, 3.8) is 0 Å². The Hall–Kier alpha value is -0.570. The standard InChI is InChI=1S/C8H11NOS/c1-5(2)7-9-6-3-4-10-8(6)11-7/h5H,3-4H2,1-2H3. The molecule has 1 aliphatic heterocycles. The Kier molecular flexibility index (Phi) is 1.60. The number of fused-ring (bicyclic) bond motifs is 1. The molecule has 1 aromatic rings. The first kappa shape index (κ1) is 7.10. The molecule has 0 amide bonds. The van der Waals surface area contributed by atoms with Crippen LogP contribution >= 0.6 is 11.3 Å². The van der Waals surface area contributed by atoms with E-state index in [4.69, 9.17) is 4.74 Å². The average molecular weight is 169 g/mol. The molecule has 11 heavy (non-hydrogen) atoms. The first-order valence-corrected chi connectivity index (χ1v) is 4.71. The second-order valence-corrected chi connectivity index (χ2v) is 4.03. The molecule has 0 unspecified atom stereocenters. The van der Waals surface area contributed by atoms with Crippen LogP contribution in [-0.4, -0.2) is 11.6 Å². The van der Waals surface area contributed by atoms with E-state index in [1.165, 1.54) is 10.7 Å². The molecule has 2 heterocycles. The minimum absolute atomic E-state index is 0.536. The van der Waals surface area contributed by atoms with Gasteiger partial charge in [-0.1, -0.05) is 25.2 Å². The first-order valence-electron chi connectivity index (χ1n) is 3.90.